The lowest BCUT2D eigenvalue weighted by Crippen LogP contribution is -1.99. The van der Waals surface area contributed by atoms with Gasteiger partial charge in [0, 0.05) is 4.47 Å². The Morgan fingerprint density at radius 3 is 2.82 bits per heavy atom. The molecule has 1 aromatic heterocycles. The number of nitrogens with two attached hydrogens (primary N) is 1. The van der Waals surface area contributed by atoms with Crippen LogP contribution in [0, 0.1) is 6.92 Å². The molecule has 6 heteroatoms. The van der Waals surface area contributed by atoms with Crippen molar-refractivity contribution in [3.05, 3.63) is 33.9 Å². The second-order valence-corrected chi connectivity index (χ2v) is 5.38. The lowest BCUT2D eigenvalue weighted by Gasteiger charge is -2.02. The van der Waals surface area contributed by atoms with Gasteiger partial charge in [-0.1, -0.05) is 33.3 Å². The van der Waals surface area contributed by atoms with Gasteiger partial charge >= 0.3 is 5.97 Å². The lowest BCUT2D eigenvalue weighted by atomic mass is 10.1. The van der Waals surface area contributed by atoms with Gasteiger partial charge in [0.1, 0.15) is 0 Å². The van der Waals surface area contributed by atoms with Gasteiger partial charge in [-0.25, -0.2) is 9.78 Å². The van der Waals surface area contributed by atoms with Crippen LogP contribution >= 0.6 is 27.3 Å². The van der Waals surface area contributed by atoms with Gasteiger partial charge in [0.2, 0.25) is 0 Å². The number of benzene rings is 1. The fourth-order valence-corrected chi connectivity index (χ4v) is 2.53. The summed E-state index contributed by atoms with van der Waals surface area (Å²) >= 11 is 4.58. The molecule has 3 N–H and O–H groups in total. The van der Waals surface area contributed by atoms with E-state index in [4.69, 9.17) is 10.8 Å². The maximum absolute atomic E-state index is 11.0. The number of carboxylic acids is 1. The zero-order valence-corrected chi connectivity index (χ0v) is 11.3. The molecule has 2 rings (SSSR count). The summed E-state index contributed by atoms with van der Waals surface area (Å²) < 4.78 is 0.982. The zero-order chi connectivity index (χ0) is 12.6. The first-order chi connectivity index (χ1) is 7.99. The number of rotatable bonds is 2. The zero-order valence-electron chi connectivity index (χ0n) is 8.90. The van der Waals surface area contributed by atoms with Crippen molar-refractivity contribution in [1.29, 1.82) is 0 Å². The topological polar surface area (TPSA) is 76.2 Å². The first-order valence-corrected chi connectivity index (χ1v) is 6.36. The summed E-state index contributed by atoms with van der Waals surface area (Å²) in [6, 6.07) is 5.63. The van der Waals surface area contributed by atoms with Crippen LogP contribution in [0.5, 0.6) is 0 Å². The smallest absolute Gasteiger partial charge is 0.356 e. The fraction of sp³-hybridized carbons (Fsp3) is 0.0909. The molecule has 0 fully saturated rings. The third kappa shape index (κ3) is 2.32. The third-order valence-corrected chi connectivity index (χ3v) is 4.09. The van der Waals surface area contributed by atoms with Crippen LogP contribution in [0.1, 0.15) is 16.1 Å². The number of hydrogen-bond acceptors (Lipinski definition) is 4. The second kappa shape index (κ2) is 4.46. The Kier molecular flexibility index (Phi) is 3.17. The van der Waals surface area contributed by atoms with Crippen LogP contribution in [0.15, 0.2) is 22.7 Å². The minimum Gasteiger partial charge on any atom is -0.476 e. The number of halogens is 1. The summed E-state index contributed by atoms with van der Waals surface area (Å²) in [7, 11) is 0. The van der Waals surface area contributed by atoms with Crippen molar-refractivity contribution in [2.24, 2.45) is 0 Å². The van der Waals surface area contributed by atoms with Crippen LogP contribution in [0.25, 0.3) is 10.4 Å². The Morgan fingerprint density at radius 2 is 2.24 bits per heavy atom. The van der Waals surface area contributed by atoms with Crippen molar-refractivity contribution < 1.29 is 9.90 Å². The molecule has 2 aromatic rings. The minimum absolute atomic E-state index is 0.00854. The Balaban J connectivity index is 2.59. The molecule has 0 radical (unpaired) electrons. The number of carboxylic acid groups (broad SMARTS) is 1. The molecule has 0 atom stereocenters. The number of aromatic nitrogens is 1. The summed E-state index contributed by atoms with van der Waals surface area (Å²) in [4.78, 5) is 15.5. The fourth-order valence-electron chi connectivity index (χ4n) is 1.46. The van der Waals surface area contributed by atoms with Gasteiger partial charge < -0.3 is 10.8 Å². The van der Waals surface area contributed by atoms with Crippen LogP contribution < -0.4 is 5.73 Å². The number of anilines is 1. The Labute approximate surface area is 110 Å². The highest BCUT2D eigenvalue weighted by atomic mass is 79.9. The summed E-state index contributed by atoms with van der Waals surface area (Å²) in [5.74, 6) is -1.06. The molecule has 0 unspecified atom stereocenters. The van der Waals surface area contributed by atoms with Crippen molar-refractivity contribution in [3.8, 4) is 10.4 Å². The molecular weight excluding hydrogens is 304 g/mol. The van der Waals surface area contributed by atoms with Crippen molar-refractivity contribution in [1.82, 2.24) is 4.98 Å². The number of thiazole rings is 1. The maximum Gasteiger partial charge on any atom is 0.356 e. The Hall–Kier alpha value is -1.40. The van der Waals surface area contributed by atoms with Crippen molar-refractivity contribution in [2.75, 3.05) is 5.73 Å². The van der Waals surface area contributed by atoms with E-state index in [9.17, 15) is 4.79 Å². The summed E-state index contributed by atoms with van der Waals surface area (Å²) in [5, 5.41) is 9.31. The van der Waals surface area contributed by atoms with Gasteiger partial charge in [0.15, 0.2) is 10.8 Å². The van der Waals surface area contributed by atoms with Crippen molar-refractivity contribution in [2.45, 2.75) is 6.92 Å². The number of aromatic carboxylic acids is 1. The molecule has 1 aromatic carbocycles. The molecule has 0 aliphatic carbocycles. The van der Waals surface area contributed by atoms with E-state index in [1.165, 1.54) is 11.3 Å². The molecule has 0 aliphatic heterocycles. The molecule has 4 nitrogen and oxygen atoms in total. The van der Waals surface area contributed by atoms with Crippen LogP contribution in [0.2, 0.25) is 0 Å². The maximum atomic E-state index is 11.0. The molecule has 1 heterocycles. The van der Waals surface area contributed by atoms with Gasteiger partial charge in [-0.2, -0.15) is 0 Å². The largest absolute Gasteiger partial charge is 0.476 e. The Bertz CT molecular complexity index is 595. The third-order valence-electron chi connectivity index (χ3n) is 2.27. The monoisotopic (exact) mass is 312 g/mol. The summed E-state index contributed by atoms with van der Waals surface area (Å²) in [6.45, 7) is 1.94. The van der Waals surface area contributed by atoms with E-state index >= 15 is 0 Å². The summed E-state index contributed by atoms with van der Waals surface area (Å²) in [5.41, 5.74) is 7.42. The van der Waals surface area contributed by atoms with Gasteiger partial charge in [-0.15, -0.1) is 0 Å². The SMILES string of the molecule is Cc1cc(-c2sc(N)nc2C(=O)O)ccc1Br. The number of nitrogen functional groups attached to an aromatic ring is 1. The molecule has 0 spiro atoms. The average molecular weight is 313 g/mol. The molecule has 0 saturated carbocycles. The van der Waals surface area contributed by atoms with E-state index in [0.29, 0.717) is 4.88 Å². The highest BCUT2D eigenvalue weighted by Crippen LogP contribution is 2.33. The molecule has 0 amide bonds. The predicted octanol–water partition coefficient (Wildman–Crippen LogP) is 3.16. The molecule has 0 bridgehead atoms. The normalized spacial score (nSPS) is 10.5. The van der Waals surface area contributed by atoms with Gasteiger partial charge in [-0.3, -0.25) is 0 Å². The van der Waals surface area contributed by atoms with E-state index in [2.05, 4.69) is 20.9 Å². The van der Waals surface area contributed by atoms with E-state index in [0.717, 1.165) is 15.6 Å². The Morgan fingerprint density at radius 1 is 1.53 bits per heavy atom. The van der Waals surface area contributed by atoms with E-state index in [-0.39, 0.29) is 10.8 Å². The van der Waals surface area contributed by atoms with E-state index in [1.807, 2.05) is 25.1 Å². The summed E-state index contributed by atoms with van der Waals surface area (Å²) in [6.07, 6.45) is 0. The van der Waals surface area contributed by atoms with Gasteiger partial charge in [0.25, 0.3) is 0 Å². The van der Waals surface area contributed by atoms with E-state index < -0.39 is 5.97 Å². The standard InChI is InChI=1S/C11H9BrN2O2S/c1-5-4-6(2-3-7(5)12)9-8(10(15)16)14-11(13)17-9/h2-4H,1H3,(H2,13,14)(H,15,16). The second-order valence-electron chi connectivity index (χ2n) is 3.50. The van der Waals surface area contributed by atoms with Gasteiger partial charge in [-0.05, 0) is 30.2 Å². The quantitative estimate of drug-likeness (QED) is 0.893. The van der Waals surface area contributed by atoms with Crippen LogP contribution in [-0.4, -0.2) is 16.1 Å². The minimum atomic E-state index is -1.06. The highest BCUT2D eigenvalue weighted by Gasteiger charge is 2.17. The average Bonchev–Trinajstić information content (AvgIpc) is 2.64. The highest BCUT2D eigenvalue weighted by molar-refractivity contribution is 9.10. The first-order valence-electron chi connectivity index (χ1n) is 4.75. The van der Waals surface area contributed by atoms with E-state index in [1.54, 1.807) is 0 Å². The number of aryl methyl sites for hydroxylation is 1. The number of nitrogens with zero attached hydrogens (tertiary/aromatic N) is 1. The van der Waals surface area contributed by atoms with Crippen LogP contribution in [-0.2, 0) is 0 Å². The lowest BCUT2D eigenvalue weighted by molar-refractivity contribution is 0.0692. The predicted molar refractivity (Wildman–Crippen MR) is 71.4 cm³/mol. The molecule has 17 heavy (non-hydrogen) atoms. The van der Waals surface area contributed by atoms with Crippen molar-refractivity contribution in [3.63, 3.8) is 0 Å². The first kappa shape index (κ1) is 12.1. The number of carbonyl (C=O) groups is 1. The molecule has 88 valence electrons. The van der Waals surface area contributed by atoms with Crippen LogP contribution in [0.4, 0.5) is 5.13 Å². The molecule has 0 saturated heterocycles. The van der Waals surface area contributed by atoms with Crippen LogP contribution in [0.3, 0.4) is 0 Å². The molecule has 0 aliphatic rings. The van der Waals surface area contributed by atoms with Gasteiger partial charge in [0.05, 0.1) is 4.88 Å². The van der Waals surface area contributed by atoms with Crippen molar-refractivity contribution >= 4 is 38.4 Å². The molecular formula is C11H9BrN2O2S. The number of hydrogen-bond donors (Lipinski definition) is 2.